The van der Waals surface area contributed by atoms with Gasteiger partial charge in [0.05, 0.1) is 5.25 Å². The Morgan fingerprint density at radius 3 is 2.68 bits per heavy atom. The van der Waals surface area contributed by atoms with Crippen LogP contribution < -0.4 is 5.32 Å². The van der Waals surface area contributed by atoms with Gasteiger partial charge in [0.25, 0.3) is 0 Å². The summed E-state index contributed by atoms with van der Waals surface area (Å²) in [5, 5.41) is 5.16. The van der Waals surface area contributed by atoms with Crippen LogP contribution in [0.3, 0.4) is 0 Å². The van der Waals surface area contributed by atoms with Gasteiger partial charge in [0.2, 0.25) is 5.91 Å². The number of thiophene rings is 1. The fourth-order valence-electron chi connectivity index (χ4n) is 3.45. The number of nitrogens with one attached hydrogen (secondary N) is 1. The molecule has 1 amide bonds. The first-order chi connectivity index (χ1) is 11.9. The third-order valence-corrected chi connectivity index (χ3v) is 7.39. The summed E-state index contributed by atoms with van der Waals surface area (Å²) in [6.45, 7) is 10.4. The van der Waals surface area contributed by atoms with Gasteiger partial charge in [-0.25, -0.2) is 9.97 Å². The first-order valence-corrected chi connectivity index (χ1v) is 10.8. The number of nitrogens with zero attached hydrogens (tertiary/aromatic N) is 2. The summed E-state index contributed by atoms with van der Waals surface area (Å²) in [7, 11) is 0. The van der Waals surface area contributed by atoms with Crippen LogP contribution >= 0.6 is 23.1 Å². The normalized spacial score (nSPS) is 22.1. The highest BCUT2D eigenvalue weighted by molar-refractivity contribution is 8.00. The van der Waals surface area contributed by atoms with Crippen molar-refractivity contribution in [2.24, 2.45) is 5.92 Å². The van der Waals surface area contributed by atoms with Crippen molar-refractivity contribution in [1.82, 2.24) is 15.3 Å². The van der Waals surface area contributed by atoms with Crippen LogP contribution in [0.5, 0.6) is 0 Å². The van der Waals surface area contributed by atoms with Crippen molar-refractivity contribution in [1.29, 1.82) is 0 Å². The molecule has 0 radical (unpaired) electrons. The fourth-order valence-corrected chi connectivity index (χ4v) is 5.65. The molecule has 3 rings (SSSR count). The summed E-state index contributed by atoms with van der Waals surface area (Å²) in [6, 6.07) is 0.321. The Balaban J connectivity index is 1.77. The molecule has 2 aromatic rings. The predicted molar refractivity (Wildman–Crippen MR) is 107 cm³/mol. The average molecular weight is 378 g/mol. The zero-order chi connectivity index (χ0) is 18.1. The van der Waals surface area contributed by atoms with E-state index in [1.807, 2.05) is 13.8 Å². The van der Waals surface area contributed by atoms with E-state index < -0.39 is 0 Å². The minimum Gasteiger partial charge on any atom is -0.352 e. The quantitative estimate of drug-likeness (QED) is 0.615. The summed E-state index contributed by atoms with van der Waals surface area (Å²) in [6.07, 6.45) is 4.82. The molecule has 0 aromatic carbocycles. The summed E-state index contributed by atoms with van der Waals surface area (Å²) < 4.78 is 0. The zero-order valence-corrected chi connectivity index (χ0v) is 17.3. The molecule has 1 N–H and O–H groups in total. The zero-order valence-electron chi connectivity index (χ0n) is 15.7. The van der Waals surface area contributed by atoms with Crippen molar-refractivity contribution in [3.8, 4) is 0 Å². The van der Waals surface area contributed by atoms with Crippen LogP contribution in [0.25, 0.3) is 10.2 Å². The van der Waals surface area contributed by atoms with Gasteiger partial charge in [0.15, 0.2) is 0 Å². The van der Waals surface area contributed by atoms with Gasteiger partial charge in [-0.05, 0) is 52.0 Å². The molecular weight excluding hydrogens is 350 g/mol. The molecule has 1 aliphatic carbocycles. The number of hydrogen-bond donors (Lipinski definition) is 1. The van der Waals surface area contributed by atoms with E-state index in [1.54, 1.807) is 23.1 Å². The predicted octanol–water partition coefficient (Wildman–Crippen LogP) is 4.79. The molecule has 0 aliphatic heterocycles. The number of fused-ring (bicyclic) bond motifs is 1. The fraction of sp³-hybridized carbons (Fsp3) is 0.632. The Kier molecular flexibility index (Phi) is 5.68. The van der Waals surface area contributed by atoms with Gasteiger partial charge in [0, 0.05) is 16.3 Å². The molecule has 1 saturated carbocycles. The minimum absolute atomic E-state index is 0.123. The average Bonchev–Trinajstić information content (AvgIpc) is 2.83. The molecule has 3 atom stereocenters. The second-order valence-corrected chi connectivity index (χ2v) is 9.71. The molecule has 1 aliphatic rings. The summed E-state index contributed by atoms with van der Waals surface area (Å²) in [4.78, 5) is 24.2. The smallest absolute Gasteiger partial charge is 0.233 e. The van der Waals surface area contributed by atoms with E-state index in [4.69, 9.17) is 0 Å². The molecule has 0 unspecified atom stereocenters. The lowest BCUT2D eigenvalue weighted by Gasteiger charge is -2.30. The monoisotopic (exact) mass is 377 g/mol. The summed E-state index contributed by atoms with van der Waals surface area (Å²) in [5.41, 5.74) is 1.23. The Hall–Kier alpha value is -1.14. The van der Waals surface area contributed by atoms with E-state index in [9.17, 15) is 4.79 Å². The van der Waals surface area contributed by atoms with Crippen LogP contribution in [-0.2, 0) is 4.79 Å². The molecule has 25 heavy (non-hydrogen) atoms. The maximum atomic E-state index is 12.7. The molecular formula is C19H27N3OS2. The van der Waals surface area contributed by atoms with Gasteiger partial charge in [-0.1, -0.05) is 31.5 Å². The van der Waals surface area contributed by atoms with E-state index in [0.717, 1.165) is 27.5 Å². The number of thioether (sulfide) groups is 1. The van der Waals surface area contributed by atoms with Gasteiger partial charge in [-0.15, -0.1) is 11.3 Å². The van der Waals surface area contributed by atoms with E-state index in [1.165, 1.54) is 29.7 Å². The van der Waals surface area contributed by atoms with Gasteiger partial charge >= 0.3 is 0 Å². The first kappa shape index (κ1) is 18.6. The molecule has 2 heterocycles. The maximum Gasteiger partial charge on any atom is 0.233 e. The Morgan fingerprint density at radius 2 is 1.96 bits per heavy atom. The lowest BCUT2D eigenvalue weighted by Crippen LogP contribution is -2.44. The lowest BCUT2D eigenvalue weighted by molar-refractivity contribution is -0.121. The van der Waals surface area contributed by atoms with E-state index in [2.05, 4.69) is 36.1 Å². The van der Waals surface area contributed by atoms with Gasteiger partial charge in [-0.3, -0.25) is 4.79 Å². The minimum atomic E-state index is -0.161. The molecule has 136 valence electrons. The van der Waals surface area contributed by atoms with Crippen LogP contribution in [0.2, 0.25) is 0 Å². The molecule has 6 heteroatoms. The molecule has 0 bridgehead atoms. The highest BCUT2D eigenvalue weighted by atomic mass is 32.2. The number of rotatable bonds is 4. The summed E-state index contributed by atoms with van der Waals surface area (Å²) >= 11 is 3.26. The van der Waals surface area contributed by atoms with Crippen molar-refractivity contribution < 1.29 is 4.79 Å². The van der Waals surface area contributed by atoms with Crippen LogP contribution in [0.15, 0.2) is 5.03 Å². The summed E-state index contributed by atoms with van der Waals surface area (Å²) in [5.74, 6) is 1.47. The Morgan fingerprint density at radius 1 is 1.24 bits per heavy atom. The standard InChI is InChI=1S/C19H27N3OS2/c1-10-8-6-7-9-15(10)22-17(23)13(4)25-19-16-11(2)12(3)24-18(16)20-14(5)21-19/h10,13,15H,6-9H2,1-5H3,(H,22,23)/t10-,13-,15+/m1/s1. The van der Waals surface area contributed by atoms with E-state index in [0.29, 0.717) is 12.0 Å². The van der Waals surface area contributed by atoms with Crippen molar-refractivity contribution in [3.05, 3.63) is 16.3 Å². The number of aryl methyl sites for hydroxylation is 3. The van der Waals surface area contributed by atoms with Gasteiger partial charge < -0.3 is 5.32 Å². The van der Waals surface area contributed by atoms with Crippen LogP contribution in [0, 0.1) is 26.7 Å². The molecule has 0 spiro atoms. The number of amides is 1. The van der Waals surface area contributed by atoms with Crippen molar-refractivity contribution in [2.45, 2.75) is 76.6 Å². The second-order valence-electron chi connectivity index (χ2n) is 7.18. The Labute approximate surface area is 158 Å². The number of carbonyl (C=O) groups excluding carboxylic acids is 1. The van der Waals surface area contributed by atoms with Gasteiger partial charge in [0.1, 0.15) is 15.7 Å². The number of hydrogen-bond acceptors (Lipinski definition) is 5. The van der Waals surface area contributed by atoms with Crippen molar-refractivity contribution in [3.63, 3.8) is 0 Å². The number of carbonyl (C=O) groups is 1. The second kappa shape index (κ2) is 7.62. The largest absolute Gasteiger partial charge is 0.352 e. The van der Waals surface area contributed by atoms with Crippen LogP contribution in [0.4, 0.5) is 0 Å². The lowest BCUT2D eigenvalue weighted by atomic mass is 9.86. The molecule has 4 nitrogen and oxygen atoms in total. The van der Waals surface area contributed by atoms with Crippen LogP contribution in [-0.4, -0.2) is 27.2 Å². The highest BCUT2D eigenvalue weighted by Crippen LogP contribution is 2.36. The van der Waals surface area contributed by atoms with Crippen LogP contribution in [0.1, 0.15) is 55.8 Å². The maximum absolute atomic E-state index is 12.7. The highest BCUT2D eigenvalue weighted by Gasteiger charge is 2.26. The van der Waals surface area contributed by atoms with Crippen molar-refractivity contribution in [2.75, 3.05) is 0 Å². The SMILES string of the molecule is Cc1nc(S[C@H](C)C(=O)N[C@H]2CCCC[C@H]2C)c2c(C)c(C)sc2n1. The van der Waals surface area contributed by atoms with E-state index >= 15 is 0 Å². The van der Waals surface area contributed by atoms with Gasteiger partial charge in [-0.2, -0.15) is 0 Å². The third-order valence-electron chi connectivity index (χ3n) is 5.20. The first-order valence-electron chi connectivity index (χ1n) is 9.08. The number of aromatic nitrogens is 2. The molecule has 1 fully saturated rings. The molecule has 2 aromatic heterocycles. The molecule has 0 saturated heterocycles. The van der Waals surface area contributed by atoms with Crippen molar-refractivity contribution >= 4 is 39.2 Å². The Bertz CT molecular complexity index is 787. The topological polar surface area (TPSA) is 54.9 Å². The third kappa shape index (κ3) is 4.00. The van der Waals surface area contributed by atoms with E-state index in [-0.39, 0.29) is 11.2 Å².